The Morgan fingerprint density at radius 1 is 1.31 bits per heavy atom. The molecule has 1 amide bonds. The molecule has 26 heavy (non-hydrogen) atoms. The lowest BCUT2D eigenvalue weighted by Gasteiger charge is -2.07. The van der Waals surface area contributed by atoms with Crippen LogP contribution >= 0.6 is 11.3 Å². The average molecular weight is 373 g/mol. The maximum absolute atomic E-state index is 12.9. The van der Waals surface area contributed by atoms with Gasteiger partial charge in [0.1, 0.15) is 0 Å². The van der Waals surface area contributed by atoms with E-state index >= 15 is 0 Å². The van der Waals surface area contributed by atoms with Crippen molar-refractivity contribution in [3.8, 4) is 0 Å². The summed E-state index contributed by atoms with van der Waals surface area (Å²) in [6, 6.07) is 7.93. The summed E-state index contributed by atoms with van der Waals surface area (Å²) in [5.74, 6) is -0.00654. The predicted octanol–water partition coefficient (Wildman–Crippen LogP) is 2.85. The molecule has 7 heteroatoms. The van der Waals surface area contributed by atoms with E-state index in [9.17, 15) is 9.59 Å². The van der Waals surface area contributed by atoms with Crippen molar-refractivity contribution >= 4 is 37.4 Å². The van der Waals surface area contributed by atoms with E-state index in [1.165, 1.54) is 4.68 Å². The van der Waals surface area contributed by atoms with Crippen LogP contribution in [0.3, 0.4) is 0 Å². The lowest BCUT2D eigenvalue weighted by atomic mass is 10.2. The van der Waals surface area contributed by atoms with Gasteiger partial charge < -0.3 is 10.1 Å². The van der Waals surface area contributed by atoms with E-state index < -0.39 is 0 Å². The Morgan fingerprint density at radius 3 is 2.92 bits per heavy atom. The van der Waals surface area contributed by atoms with Crippen LogP contribution in [0, 0.1) is 6.92 Å². The standard InChI is InChI=1S/C19H23N3O3S/c1-13-18-17(14-7-3-4-8-15(14)26-18)19(24)22(21-13)11-5-9-16(23)20-10-6-12-25-2/h3-4,7-8H,5-6,9-12H2,1-2H3,(H,20,23). The molecule has 0 saturated carbocycles. The van der Waals surface area contributed by atoms with Crippen molar-refractivity contribution in [2.45, 2.75) is 32.7 Å². The Bertz CT molecular complexity index is 977. The van der Waals surface area contributed by atoms with Gasteiger partial charge >= 0.3 is 0 Å². The molecule has 138 valence electrons. The van der Waals surface area contributed by atoms with Gasteiger partial charge in [0.25, 0.3) is 5.56 Å². The minimum absolute atomic E-state index is 0.00654. The third-order valence-corrected chi connectivity index (χ3v) is 5.54. The zero-order chi connectivity index (χ0) is 18.5. The van der Waals surface area contributed by atoms with E-state index in [0.717, 1.165) is 32.3 Å². The molecule has 0 radical (unpaired) electrons. The first kappa shape index (κ1) is 18.5. The van der Waals surface area contributed by atoms with E-state index in [2.05, 4.69) is 10.4 Å². The van der Waals surface area contributed by atoms with Crippen LogP contribution in [0.2, 0.25) is 0 Å². The summed E-state index contributed by atoms with van der Waals surface area (Å²) in [4.78, 5) is 24.7. The smallest absolute Gasteiger partial charge is 0.276 e. The predicted molar refractivity (Wildman–Crippen MR) is 105 cm³/mol. The van der Waals surface area contributed by atoms with Crippen LogP contribution in [-0.4, -0.2) is 35.9 Å². The number of amides is 1. The normalized spacial score (nSPS) is 11.3. The van der Waals surface area contributed by atoms with Crippen LogP contribution < -0.4 is 10.9 Å². The molecule has 0 aliphatic rings. The van der Waals surface area contributed by atoms with E-state index in [-0.39, 0.29) is 11.5 Å². The number of ether oxygens (including phenoxy) is 1. The molecule has 0 unspecified atom stereocenters. The fourth-order valence-electron chi connectivity index (χ4n) is 2.99. The van der Waals surface area contributed by atoms with Crippen LogP contribution in [0.25, 0.3) is 20.2 Å². The number of thiophene rings is 1. The van der Waals surface area contributed by atoms with Crippen molar-refractivity contribution in [2.24, 2.45) is 0 Å². The van der Waals surface area contributed by atoms with Gasteiger partial charge in [-0.05, 0) is 25.8 Å². The van der Waals surface area contributed by atoms with Crippen LogP contribution in [0.4, 0.5) is 0 Å². The fraction of sp³-hybridized carbons (Fsp3) is 0.421. The summed E-state index contributed by atoms with van der Waals surface area (Å²) in [6.07, 6.45) is 1.75. The number of hydrogen-bond donors (Lipinski definition) is 1. The highest BCUT2D eigenvalue weighted by molar-refractivity contribution is 7.26. The number of aromatic nitrogens is 2. The van der Waals surface area contributed by atoms with Crippen molar-refractivity contribution in [3.05, 3.63) is 40.3 Å². The first-order chi connectivity index (χ1) is 12.6. The molecule has 1 N–H and O–H groups in total. The Balaban J connectivity index is 1.71. The van der Waals surface area contributed by atoms with Crippen LogP contribution in [0.5, 0.6) is 0 Å². The SMILES string of the molecule is COCCCNC(=O)CCCn1nc(C)c2sc3ccccc3c2c1=O. The lowest BCUT2D eigenvalue weighted by Crippen LogP contribution is -2.27. The van der Waals surface area contributed by atoms with Gasteiger partial charge in [-0.1, -0.05) is 18.2 Å². The third-order valence-electron chi connectivity index (χ3n) is 4.26. The number of carbonyl (C=O) groups is 1. The van der Waals surface area contributed by atoms with Gasteiger partial charge in [-0.15, -0.1) is 11.3 Å². The molecular formula is C19H23N3O3S. The molecule has 0 atom stereocenters. The molecule has 0 spiro atoms. The van der Waals surface area contributed by atoms with Crippen molar-refractivity contribution in [1.82, 2.24) is 15.1 Å². The van der Waals surface area contributed by atoms with E-state index in [0.29, 0.717) is 32.5 Å². The van der Waals surface area contributed by atoms with Gasteiger partial charge in [-0.3, -0.25) is 9.59 Å². The summed E-state index contributed by atoms with van der Waals surface area (Å²) < 4.78 is 8.49. The number of rotatable bonds is 8. The topological polar surface area (TPSA) is 73.2 Å². The molecule has 2 aromatic heterocycles. The van der Waals surface area contributed by atoms with Gasteiger partial charge in [-0.25, -0.2) is 4.68 Å². The molecule has 1 aromatic carbocycles. The molecule has 0 aliphatic heterocycles. The molecule has 0 fully saturated rings. The number of methoxy groups -OCH3 is 1. The second-order valence-corrected chi connectivity index (χ2v) is 7.27. The van der Waals surface area contributed by atoms with Gasteiger partial charge in [0, 0.05) is 43.3 Å². The van der Waals surface area contributed by atoms with Gasteiger partial charge in [-0.2, -0.15) is 5.10 Å². The number of fused-ring (bicyclic) bond motifs is 3. The van der Waals surface area contributed by atoms with Crippen molar-refractivity contribution < 1.29 is 9.53 Å². The number of hydrogen-bond acceptors (Lipinski definition) is 5. The maximum atomic E-state index is 12.9. The number of nitrogens with zero attached hydrogens (tertiary/aromatic N) is 2. The summed E-state index contributed by atoms with van der Waals surface area (Å²) in [7, 11) is 1.64. The Kier molecular flexibility index (Phi) is 6.00. The zero-order valence-electron chi connectivity index (χ0n) is 15.1. The minimum atomic E-state index is -0.0800. The first-order valence-electron chi connectivity index (χ1n) is 8.76. The van der Waals surface area contributed by atoms with Crippen LogP contribution in [0.15, 0.2) is 29.1 Å². The molecule has 3 aromatic rings. The van der Waals surface area contributed by atoms with E-state index in [4.69, 9.17) is 4.74 Å². The van der Waals surface area contributed by atoms with Gasteiger partial charge in [0.15, 0.2) is 0 Å². The molecule has 3 rings (SSSR count). The monoisotopic (exact) mass is 373 g/mol. The van der Waals surface area contributed by atoms with Gasteiger partial charge in [0.05, 0.1) is 15.8 Å². The summed E-state index contributed by atoms with van der Waals surface area (Å²) >= 11 is 1.60. The molecule has 0 bridgehead atoms. The third kappa shape index (κ3) is 3.94. The number of nitrogens with one attached hydrogen (secondary N) is 1. The first-order valence-corrected chi connectivity index (χ1v) is 9.58. The van der Waals surface area contributed by atoms with Gasteiger partial charge in [0.2, 0.25) is 5.91 Å². The highest BCUT2D eigenvalue weighted by Gasteiger charge is 2.14. The number of benzene rings is 1. The minimum Gasteiger partial charge on any atom is -0.385 e. The van der Waals surface area contributed by atoms with Crippen LogP contribution in [0.1, 0.15) is 25.0 Å². The highest BCUT2D eigenvalue weighted by atomic mass is 32.1. The summed E-state index contributed by atoms with van der Waals surface area (Å²) in [5.41, 5.74) is 0.772. The summed E-state index contributed by atoms with van der Waals surface area (Å²) in [6.45, 7) is 3.60. The highest BCUT2D eigenvalue weighted by Crippen LogP contribution is 2.32. The van der Waals surface area contributed by atoms with Crippen molar-refractivity contribution in [2.75, 3.05) is 20.3 Å². The molecule has 0 saturated heterocycles. The fourth-order valence-corrected chi connectivity index (χ4v) is 4.12. The maximum Gasteiger partial charge on any atom is 0.276 e. The molecule has 0 aliphatic carbocycles. The second kappa shape index (κ2) is 8.42. The molecule has 6 nitrogen and oxygen atoms in total. The second-order valence-electron chi connectivity index (χ2n) is 6.22. The molecular weight excluding hydrogens is 350 g/mol. The Hall–Kier alpha value is -2.25. The number of carbonyl (C=O) groups excluding carboxylic acids is 1. The zero-order valence-corrected chi connectivity index (χ0v) is 15.9. The summed E-state index contributed by atoms with van der Waals surface area (Å²) in [5, 5.41) is 9.02. The van der Waals surface area contributed by atoms with Crippen molar-refractivity contribution in [3.63, 3.8) is 0 Å². The van der Waals surface area contributed by atoms with E-state index in [1.807, 2.05) is 31.2 Å². The average Bonchev–Trinajstić information content (AvgIpc) is 3.03. The van der Waals surface area contributed by atoms with E-state index in [1.54, 1.807) is 18.4 Å². The van der Waals surface area contributed by atoms with Crippen LogP contribution in [-0.2, 0) is 16.1 Å². The Morgan fingerprint density at radius 2 is 2.12 bits per heavy atom. The lowest BCUT2D eigenvalue weighted by molar-refractivity contribution is -0.121. The quantitative estimate of drug-likeness (QED) is 0.616. The van der Waals surface area contributed by atoms with Crippen molar-refractivity contribution in [1.29, 1.82) is 0 Å². The number of aryl methyl sites for hydroxylation is 2. The Labute approximate surface area is 155 Å². The largest absolute Gasteiger partial charge is 0.385 e. The molecule has 2 heterocycles.